The van der Waals surface area contributed by atoms with Crippen LogP contribution in [0.4, 0.5) is 5.69 Å². The van der Waals surface area contributed by atoms with E-state index >= 15 is 0 Å². The summed E-state index contributed by atoms with van der Waals surface area (Å²) >= 11 is 0. The van der Waals surface area contributed by atoms with Crippen LogP contribution in [0, 0.1) is 12.3 Å². The van der Waals surface area contributed by atoms with Gasteiger partial charge in [0, 0.05) is 5.69 Å². The van der Waals surface area contributed by atoms with E-state index < -0.39 is 0 Å². The number of carbonyl (C=O) groups is 1. The Morgan fingerprint density at radius 1 is 1.28 bits per heavy atom. The molecular weight excluding hydrogens is 224 g/mol. The molecule has 1 atom stereocenters. The molecule has 1 rings (SSSR count). The third-order valence-corrected chi connectivity index (χ3v) is 2.72. The zero-order valence-corrected chi connectivity index (χ0v) is 11.2. The second kappa shape index (κ2) is 6.70. The van der Waals surface area contributed by atoms with E-state index in [4.69, 9.17) is 6.42 Å². The van der Waals surface area contributed by atoms with Crippen LogP contribution in [0.15, 0.2) is 24.3 Å². The fraction of sp³-hybridized carbons (Fsp3) is 0.400. The molecule has 96 valence electrons. The summed E-state index contributed by atoms with van der Waals surface area (Å²) in [6.07, 6.45) is 5.09. The van der Waals surface area contributed by atoms with Gasteiger partial charge >= 0.3 is 0 Å². The van der Waals surface area contributed by atoms with Gasteiger partial charge in [0.25, 0.3) is 0 Å². The van der Waals surface area contributed by atoms with Crippen molar-refractivity contribution in [3.63, 3.8) is 0 Å². The average Bonchev–Trinajstić information content (AvgIpc) is 2.36. The predicted octanol–water partition coefficient (Wildman–Crippen LogP) is 2.36. The third-order valence-electron chi connectivity index (χ3n) is 2.72. The first-order valence-electron chi connectivity index (χ1n) is 6.12. The van der Waals surface area contributed by atoms with E-state index in [-0.39, 0.29) is 18.5 Å². The second-order valence-corrected chi connectivity index (χ2v) is 4.56. The van der Waals surface area contributed by atoms with Crippen LogP contribution in [0.5, 0.6) is 0 Å². The molecule has 2 N–H and O–H groups in total. The lowest BCUT2D eigenvalue weighted by atomic mass is 10.0. The predicted molar refractivity (Wildman–Crippen MR) is 75.5 cm³/mol. The summed E-state index contributed by atoms with van der Waals surface area (Å²) in [7, 11) is 0. The number of carbonyl (C=O) groups excluding carboxylic acids is 1. The fourth-order valence-corrected chi connectivity index (χ4v) is 1.57. The van der Waals surface area contributed by atoms with E-state index in [0.29, 0.717) is 5.92 Å². The van der Waals surface area contributed by atoms with Crippen LogP contribution in [0.3, 0.4) is 0 Å². The van der Waals surface area contributed by atoms with E-state index in [1.807, 2.05) is 19.1 Å². The third kappa shape index (κ3) is 4.14. The minimum atomic E-state index is -0.303. The van der Waals surface area contributed by atoms with Crippen LogP contribution in [0.1, 0.15) is 32.3 Å². The molecule has 0 radical (unpaired) electrons. The SMILES string of the molecule is C#CCNC(=O)C(C)Nc1ccc(C(C)C)cc1. The van der Waals surface area contributed by atoms with Crippen LogP contribution in [0.25, 0.3) is 0 Å². The van der Waals surface area contributed by atoms with Gasteiger partial charge in [0.1, 0.15) is 6.04 Å². The highest BCUT2D eigenvalue weighted by Gasteiger charge is 2.11. The smallest absolute Gasteiger partial charge is 0.242 e. The number of hydrogen-bond acceptors (Lipinski definition) is 2. The maximum Gasteiger partial charge on any atom is 0.242 e. The van der Waals surface area contributed by atoms with Crippen molar-refractivity contribution >= 4 is 11.6 Å². The summed E-state index contributed by atoms with van der Waals surface area (Å²) in [5.41, 5.74) is 2.22. The molecular formula is C15H20N2O. The number of terminal acetylenes is 1. The van der Waals surface area contributed by atoms with Gasteiger partial charge in [-0.1, -0.05) is 31.9 Å². The molecule has 1 aromatic carbocycles. The van der Waals surface area contributed by atoms with Gasteiger partial charge in [-0.05, 0) is 30.5 Å². The molecule has 1 aromatic rings. The maximum atomic E-state index is 11.6. The van der Waals surface area contributed by atoms with Crippen molar-refractivity contribution in [1.29, 1.82) is 0 Å². The van der Waals surface area contributed by atoms with Crippen LogP contribution < -0.4 is 10.6 Å². The molecule has 0 aromatic heterocycles. The molecule has 0 bridgehead atoms. The van der Waals surface area contributed by atoms with Crippen molar-refractivity contribution in [3.8, 4) is 12.3 Å². The number of benzene rings is 1. The Hall–Kier alpha value is -1.95. The molecule has 0 aliphatic carbocycles. The van der Waals surface area contributed by atoms with Crippen molar-refractivity contribution in [3.05, 3.63) is 29.8 Å². The standard InChI is InChI=1S/C15H20N2O/c1-5-10-16-15(18)12(4)17-14-8-6-13(7-9-14)11(2)3/h1,6-9,11-12,17H,10H2,2-4H3,(H,16,18). The number of hydrogen-bond donors (Lipinski definition) is 2. The van der Waals surface area contributed by atoms with Gasteiger partial charge in [0.2, 0.25) is 5.91 Å². The summed E-state index contributed by atoms with van der Waals surface area (Å²) in [5, 5.41) is 5.78. The summed E-state index contributed by atoms with van der Waals surface area (Å²) in [6, 6.07) is 7.81. The molecule has 3 nitrogen and oxygen atoms in total. The van der Waals surface area contributed by atoms with Crippen molar-refractivity contribution in [2.24, 2.45) is 0 Å². The summed E-state index contributed by atoms with van der Waals surface area (Å²) < 4.78 is 0. The van der Waals surface area contributed by atoms with Gasteiger partial charge in [-0.2, -0.15) is 0 Å². The van der Waals surface area contributed by atoms with E-state index in [9.17, 15) is 4.79 Å². The monoisotopic (exact) mass is 244 g/mol. The van der Waals surface area contributed by atoms with Crippen LogP contribution in [-0.2, 0) is 4.79 Å². The Balaban J connectivity index is 2.57. The Morgan fingerprint density at radius 3 is 2.39 bits per heavy atom. The molecule has 0 aliphatic rings. The summed E-state index contributed by atoms with van der Waals surface area (Å²) in [6.45, 7) is 6.37. The molecule has 0 saturated carbocycles. The first kappa shape index (κ1) is 14.1. The molecule has 18 heavy (non-hydrogen) atoms. The van der Waals surface area contributed by atoms with Crippen LogP contribution in [-0.4, -0.2) is 18.5 Å². The van der Waals surface area contributed by atoms with Crippen molar-refractivity contribution < 1.29 is 4.79 Å². The van der Waals surface area contributed by atoms with Gasteiger partial charge in [0.15, 0.2) is 0 Å². The summed E-state index contributed by atoms with van der Waals surface area (Å²) in [4.78, 5) is 11.6. The summed E-state index contributed by atoms with van der Waals surface area (Å²) in [5.74, 6) is 2.79. The largest absolute Gasteiger partial charge is 0.374 e. The molecule has 0 spiro atoms. The zero-order chi connectivity index (χ0) is 13.5. The zero-order valence-electron chi connectivity index (χ0n) is 11.2. The first-order valence-corrected chi connectivity index (χ1v) is 6.12. The van der Waals surface area contributed by atoms with Crippen LogP contribution >= 0.6 is 0 Å². The van der Waals surface area contributed by atoms with Gasteiger partial charge in [-0.25, -0.2) is 0 Å². The van der Waals surface area contributed by atoms with E-state index in [1.165, 1.54) is 5.56 Å². The Kier molecular flexibility index (Phi) is 5.26. The van der Waals surface area contributed by atoms with Gasteiger partial charge in [-0.3, -0.25) is 4.79 Å². The highest BCUT2D eigenvalue weighted by Crippen LogP contribution is 2.17. The molecule has 0 saturated heterocycles. The van der Waals surface area contributed by atoms with E-state index in [0.717, 1.165) is 5.69 Å². The van der Waals surface area contributed by atoms with E-state index in [2.05, 4.69) is 42.5 Å². The molecule has 0 fully saturated rings. The maximum absolute atomic E-state index is 11.6. The molecule has 0 heterocycles. The first-order chi connectivity index (χ1) is 8.54. The number of amides is 1. The lowest BCUT2D eigenvalue weighted by Gasteiger charge is -2.15. The fourth-order valence-electron chi connectivity index (χ4n) is 1.57. The van der Waals surface area contributed by atoms with E-state index in [1.54, 1.807) is 0 Å². The normalized spacial score (nSPS) is 11.7. The Morgan fingerprint density at radius 2 is 1.89 bits per heavy atom. The van der Waals surface area contributed by atoms with Gasteiger partial charge in [0.05, 0.1) is 6.54 Å². The van der Waals surface area contributed by atoms with Crippen LogP contribution in [0.2, 0.25) is 0 Å². The number of nitrogens with one attached hydrogen (secondary N) is 2. The topological polar surface area (TPSA) is 41.1 Å². The quantitative estimate of drug-likeness (QED) is 0.781. The molecule has 1 amide bonds. The molecule has 1 unspecified atom stereocenters. The highest BCUT2D eigenvalue weighted by atomic mass is 16.2. The second-order valence-electron chi connectivity index (χ2n) is 4.56. The lowest BCUT2D eigenvalue weighted by molar-refractivity contribution is -0.121. The van der Waals surface area contributed by atoms with Crippen molar-refractivity contribution in [2.75, 3.05) is 11.9 Å². The minimum absolute atomic E-state index is 0.0964. The molecule has 3 heteroatoms. The Bertz CT molecular complexity index is 429. The van der Waals surface area contributed by atoms with Crippen molar-refractivity contribution in [2.45, 2.75) is 32.7 Å². The van der Waals surface area contributed by atoms with Gasteiger partial charge in [-0.15, -0.1) is 6.42 Å². The van der Waals surface area contributed by atoms with Gasteiger partial charge < -0.3 is 10.6 Å². The average molecular weight is 244 g/mol. The van der Waals surface area contributed by atoms with Crippen molar-refractivity contribution in [1.82, 2.24) is 5.32 Å². The highest BCUT2D eigenvalue weighted by molar-refractivity contribution is 5.84. The molecule has 0 aliphatic heterocycles. The lowest BCUT2D eigenvalue weighted by Crippen LogP contribution is -2.37. The number of anilines is 1. The Labute approximate surface area is 109 Å². The number of rotatable bonds is 5. The minimum Gasteiger partial charge on any atom is -0.374 e.